The number of carbonyl (C=O) groups excluding carboxylic acids is 2. The summed E-state index contributed by atoms with van der Waals surface area (Å²) in [5.74, 6) is 1.57. The summed E-state index contributed by atoms with van der Waals surface area (Å²) in [6, 6.07) is 14.9. The molecule has 2 bridgehead atoms. The van der Waals surface area contributed by atoms with E-state index in [2.05, 4.69) is 26.6 Å². The second kappa shape index (κ2) is 14.2. The van der Waals surface area contributed by atoms with E-state index in [1.165, 1.54) is 24.2 Å². The fourth-order valence-electron chi connectivity index (χ4n) is 8.94. The van der Waals surface area contributed by atoms with Crippen LogP contribution in [-0.4, -0.2) is 63.0 Å². The Hall–Kier alpha value is -3.86. The van der Waals surface area contributed by atoms with Crippen LogP contribution < -0.4 is 10.2 Å². The van der Waals surface area contributed by atoms with Gasteiger partial charge in [-0.25, -0.2) is 9.78 Å². The van der Waals surface area contributed by atoms with Crippen molar-refractivity contribution in [2.45, 2.75) is 108 Å². The second-order valence-electron chi connectivity index (χ2n) is 14.4. The van der Waals surface area contributed by atoms with Crippen LogP contribution in [0.2, 0.25) is 0 Å². The minimum Gasteiger partial charge on any atom is -0.336 e. The summed E-state index contributed by atoms with van der Waals surface area (Å²) in [7, 11) is 0. The molecule has 2 aromatic carbocycles. The van der Waals surface area contributed by atoms with Crippen LogP contribution in [0.5, 0.6) is 0 Å². The van der Waals surface area contributed by atoms with Gasteiger partial charge >= 0.3 is 12.2 Å². The lowest BCUT2D eigenvalue weighted by Gasteiger charge is -2.41. The SMILES string of the molecule is Cc1nc2c(n1C1C[C@H]3CC[C@@H](C1)N3CCCN(C(=O)Nc1ccc(C(F)(F)F)cc1)c1ccccc1)CCN(C(=O)C1CCCCC1)C2. The number of urea groups is 1. The van der Waals surface area contributed by atoms with Gasteiger partial charge in [-0.15, -0.1) is 0 Å². The third-order valence-electron chi connectivity index (χ3n) is 11.3. The summed E-state index contributed by atoms with van der Waals surface area (Å²) < 4.78 is 41.6. The van der Waals surface area contributed by atoms with Crippen LogP contribution in [0.4, 0.5) is 29.3 Å². The fourth-order valence-corrected chi connectivity index (χ4v) is 8.94. The van der Waals surface area contributed by atoms with Crippen molar-refractivity contribution in [3.63, 3.8) is 0 Å². The lowest BCUT2D eigenvalue weighted by Crippen LogP contribution is -2.45. The predicted molar refractivity (Wildman–Crippen MR) is 183 cm³/mol. The van der Waals surface area contributed by atoms with E-state index in [0.717, 1.165) is 107 Å². The molecule has 11 heteroatoms. The summed E-state index contributed by atoms with van der Waals surface area (Å²) in [5.41, 5.74) is 2.71. The molecule has 1 unspecified atom stereocenters. The molecule has 1 aromatic heterocycles. The number of piperidine rings is 1. The molecule has 3 atom stereocenters. The fraction of sp³-hybridized carbons (Fsp3) is 0.553. The van der Waals surface area contributed by atoms with Crippen LogP contribution in [-0.2, 0) is 23.9 Å². The largest absolute Gasteiger partial charge is 0.416 e. The van der Waals surface area contributed by atoms with E-state index in [4.69, 9.17) is 4.98 Å². The van der Waals surface area contributed by atoms with Crippen molar-refractivity contribution in [1.82, 2.24) is 19.4 Å². The molecule has 0 spiro atoms. The van der Waals surface area contributed by atoms with Crippen LogP contribution in [0.25, 0.3) is 0 Å². The predicted octanol–water partition coefficient (Wildman–Crippen LogP) is 7.97. The average Bonchev–Trinajstić information content (AvgIpc) is 3.55. The Kier molecular flexibility index (Phi) is 9.72. The van der Waals surface area contributed by atoms with E-state index in [1.54, 1.807) is 4.90 Å². The highest BCUT2D eigenvalue weighted by atomic mass is 19.4. The van der Waals surface area contributed by atoms with Crippen molar-refractivity contribution < 1.29 is 22.8 Å². The Balaban J connectivity index is 0.969. The van der Waals surface area contributed by atoms with Crippen LogP contribution in [0.15, 0.2) is 54.6 Å². The van der Waals surface area contributed by atoms with Gasteiger partial charge in [-0.1, -0.05) is 37.5 Å². The van der Waals surface area contributed by atoms with Crippen molar-refractivity contribution in [2.24, 2.45) is 5.92 Å². The number of benzene rings is 2. The van der Waals surface area contributed by atoms with E-state index in [0.29, 0.717) is 42.8 Å². The van der Waals surface area contributed by atoms with E-state index < -0.39 is 11.7 Å². The molecule has 1 N–H and O–H groups in total. The van der Waals surface area contributed by atoms with Gasteiger partial charge in [0.2, 0.25) is 5.91 Å². The van der Waals surface area contributed by atoms with Gasteiger partial charge in [0.1, 0.15) is 5.82 Å². The van der Waals surface area contributed by atoms with Gasteiger partial charge in [0.05, 0.1) is 17.8 Å². The molecule has 4 aliphatic rings. The van der Waals surface area contributed by atoms with E-state index >= 15 is 0 Å². The van der Waals surface area contributed by atoms with Crippen LogP contribution in [0, 0.1) is 12.8 Å². The molecule has 1 aliphatic carbocycles. The number of fused-ring (bicyclic) bond motifs is 3. The van der Waals surface area contributed by atoms with Crippen LogP contribution in [0.1, 0.15) is 93.0 Å². The quantitative estimate of drug-likeness (QED) is 0.263. The number of anilines is 2. The van der Waals surface area contributed by atoms with Crippen molar-refractivity contribution >= 4 is 23.3 Å². The lowest BCUT2D eigenvalue weighted by molar-refractivity contribution is -0.138. The number of carbonyl (C=O) groups is 2. The number of aryl methyl sites for hydroxylation is 1. The van der Waals surface area contributed by atoms with Gasteiger partial charge in [0.25, 0.3) is 0 Å². The highest BCUT2D eigenvalue weighted by Gasteiger charge is 2.42. The zero-order chi connectivity index (χ0) is 34.1. The summed E-state index contributed by atoms with van der Waals surface area (Å²) in [6.07, 6.45) is 7.31. The van der Waals surface area contributed by atoms with Gasteiger partial charge in [0, 0.05) is 67.2 Å². The molecule has 4 heterocycles. The molecule has 8 nitrogen and oxygen atoms in total. The summed E-state index contributed by atoms with van der Waals surface area (Å²) in [4.78, 5) is 38.1. The molecule has 262 valence electrons. The first-order valence-corrected chi connectivity index (χ1v) is 18.1. The lowest BCUT2D eigenvalue weighted by atomic mass is 9.88. The molecule has 49 heavy (non-hydrogen) atoms. The molecule has 0 radical (unpaired) electrons. The number of halogens is 3. The number of rotatable bonds is 8. The van der Waals surface area contributed by atoms with Gasteiger partial charge < -0.3 is 14.8 Å². The molecular weight excluding hydrogens is 629 g/mol. The number of amides is 3. The van der Waals surface area contributed by atoms with Crippen molar-refractivity contribution in [3.05, 3.63) is 77.4 Å². The molecular formula is C38H47F3N6O2. The number of imidazole rings is 1. The van der Waals surface area contributed by atoms with Crippen molar-refractivity contribution in [3.8, 4) is 0 Å². The molecule has 2 saturated heterocycles. The molecule has 3 aromatic rings. The van der Waals surface area contributed by atoms with E-state index in [-0.39, 0.29) is 11.9 Å². The Bertz CT molecular complexity index is 1600. The maximum Gasteiger partial charge on any atom is 0.416 e. The van der Waals surface area contributed by atoms with Gasteiger partial charge in [-0.05, 0) is 88.3 Å². The molecule has 3 amide bonds. The normalized spacial score (nSPS) is 22.9. The van der Waals surface area contributed by atoms with Gasteiger partial charge in [-0.3, -0.25) is 14.6 Å². The number of alkyl halides is 3. The maximum atomic E-state index is 13.4. The summed E-state index contributed by atoms with van der Waals surface area (Å²) in [6.45, 7) is 4.89. The smallest absolute Gasteiger partial charge is 0.336 e. The first-order valence-electron chi connectivity index (χ1n) is 18.1. The second-order valence-corrected chi connectivity index (χ2v) is 14.4. The zero-order valence-electron chi connectivity index (χ0n) is 28.3. The maximum absolute atomic E-state index is 13.4. The first kappa shape index (κ1) is 33.6. The number of nitrogens with one attached hydrogen (secondary N) is 1. The summed E-state index contributed by atoms with van der Waals surface area (Å²) >= 11 is 0. The highest BCUT2D eigenvalue weighted by molar-refractivity contribution is 6.01. The highest BCUT2D eigenvalue weighted by Crippen LogP contribution is 2.43. The van der Waals surface area contributed by atoms with E-state index in [1.807, 2.05) is 30.3 Å². The minimum atomic E-state index is -4.43. The summed E-state index contributed by atoms with van der Waals surface area (Å²) in [5, 5.41) is 2.79. The molecule has 3 fully saturated rings. The van der Waals surface area contributed by atoms with Crippen molar-refractivity contribution in [1.29, 1.82) is 0 Å². The standard InChI is InChI=1S/C38H47F3N6O2/c1-26-42-34-25-44(36(48)27-9-4-2-5-10-27)22-19-35(34)47(26)33-23-31-17-18-32(24-33)45(31)20-8-21-46(30-11-6-3-7-12-30)37(49)43-29-15-13-28(14-16-29)38(39,40)41/h3,6-7,11-16,27,31-33H,2,4-5,8-10,17-25H2,1H3,(H,43,49)/t31-,32+,33?. The Morgan fingerprint density at radius 1 is 0.918 bits per heavy atom. The number of para-hydroxylation sites is 1. The number of nitrogens with zero attached hydrogens (tertiary/aromatic N) is 5. The zero-order valence-corrected chi connectivity index (χ0v) is 28.3. The van der Waals surface area contributed by atoms with Crippen LogP contribution >= 0.6 is 0 Å². The molecule has 7 rings (SSSR count). The third kappa shape index (κ3) is 7.23. The third-order valence-corrected chi connectivity index (χ3v) is 11.3. The van der Waals surface area contributed by atoms with E-state index in [9.17, 15) is 22.8 Å². The average molecular weight is 677 g/mol. The molecule has 3 aliphatic heterocycles. The van der Waals surface area contributed by atoms with Crippen LogP contribution in [0.3, 0.4) is 0 Å². The Morgan fingerprint density at radius 3 is 2.29 bits per heavy atom. The number of aromatic nitrogens is 2. The van der Waals surface area contributed by atoms with Gasteiger partial charge in [-0.2, -0.15) is 13.2 Å². The van der Waals surface area contributed by atoms with Crippen molar-refractivity contribution in [2.75, 3.05) is 29.9 Å². The minimum absolute atomic E-state index is 0.187. The van der Waals surface area contributed by atoms with Gasteiger partial charge in [0.15, 0.2) is 0 Å². The topological polar surface area (TPSA) is 73.7 Å². The first-order chi connectivity index (χ1) is 23.7. The Morgan fingerprint density at radius 2 is 1.61 bits per heavy atom. The molecule has 1 saturated carbocycles. The monoisotopic (exact) mass is 676 g/mol. The number of hydrogen-bond acceptors (Lipinski definition) is 4. The number of hydrogen-bond donors (Lipinski definition) is 1. The Labute approximate surface area is 286 Å².